The largest absolute Gasteiger partial charge is 0.465 e. The summed E-state index contributed by atoms with van der Waals surface area (Å²) in [7, 11) is -2.59. The number of ether oxygens (including phenoxy) is 1. The van der Waals surface area contributed by atoms with Gasteiger partial charge in [0.15, 0.2) is 0 Å². The summed E-state index contributed by atoms with van der Waals surface area (Å²) in [5.74, 6) is -0.655. The van der Waals surface area contributed by atoms with Gasteiger partial charge in [0.2, 0.25) is 10.0 Å². The highest BCUT2D eigenvalue weighted by atomic mass is 32.2. The molecule has 0 aliphatic carbocycles. The number of methoxy groups -OCH3 is 1. The summed E-state index contributed by atoms with van der Waals surface area (Å²) in [4.78, 5) is 11.9. The SMILES string of the molecule is COC(=O)c1scc(C)c1S(=O)(=O)N(CCCO)C(C)C. The fourth-order valence-electron chi connectivity index (χ4n) is 1.99. The number of nitrogens with zero attached hydrogens (tertiary/aromatic N) is 1. The maximum absolute atomic E-state index is 12.8. The molecule has 120 valence electrons. The second-order valence-electron chi connectivity index (χ2n) is 4.86. The summed E-state index contributed by atoms with van der Waals surface area (Å²) >= 11 is 1.06. The molecule has 21 heavy (non-hydrogen) atoms. The molecule has 0 amide bonds. The van der Waals surface area contributed by atoms with Gasteiger partial charge in [0.25, 0.3) is 0 Å². The first kappa shape index (κ1) is 18.1. The van der Waals surface area contributed by atoms with E-state index in [1.165, 1.54) is 11.4 Å². The van der Waals surface area contributed by atoms with Crippen molar-refractivity contribution in [3.05, 3.63) is 15.8 Å². The van der Waals surface area contributed by atoms with Gasteiger partial charge < -0.3 is 9.84 Å². The molecule has 0 saturated carbocycles. The van der Waals surface area contributed by atoms with E-state index in [1.807, 2.05) is 0 Å². The van der Waals surface area contributed by atoms with Crippen molar-refractivity contribution >= 4 is 27.3 Å². The molecule has 0 aliphatic rings. The number of aliphatic hydroxyl groups is 1. The Labute approximate surface area is 129 Å². The van der Waals surface area contributed by atoms with E-state index in [4.69, 9.17) is 5.11 Å². The molecule has 0 unspecified atom stereocenters. The Bertz CT molecular complexity index is 592. The summed E-state index contributed by atoms with van der Waals surface area (Å²) < 4.78 is 31.6. The van der Waals surface area contributed by atoms with Crippen molar-refractivity contribution in [1.29, 1.82) is 0 Å². The zero-order chi connectivity index (χ0) is 16.2. The number of carbonyl (C=O) groups is 1. The second-order valence-corrected chi connectivity index (χ2v) is 7.56. The van der Waals surface area contributed by atoms with E-state index in [9.17, 15) is 13.2 Å². The first-order valence-corrected chi connectivity index (χ1v) is 8.88. The zero-order valence-corrected chi connectivity index (χ0v) is 14.3. The molecule has 1 aromatic rings. The van der Waals surface area contributed by atoms with Crippen LogP contribution in [0.3, 0.4) is 0 Å². The van der Waals surface area contributed by atoms with Crippen LogP contribution in [-0.2, 0) is 14.8 Å². The summed E-state index contributed by atoms with van der Waals surface area (Å²) in [6, 6.07) is -0.272. The summed E-state index contributed by atoms with van der Waals surface area (Å²) in [6.07, 6.45) is 0.341. The number of aryl methyl sites for hydroxylation is 1. The van der Waals surface area contributed by atoms with Crippen molar-refractivity contribution < 1.29 is 23.1 Å². The number of hydrogen-bond acceptors (Lipinski definition) is 6. The third-order valence-corrected chi connectivity index (χ3v) is 6.44. The van der Waals surface area contributed by atoms with Gasteiger partial charge in [-0.25, -0.2) is 13.2 Å². The molecule has 0 aromatic carbocycles. The molecule has 0 saturated heterocycles. The highest BCUT2D eigenvalue weighted by Gasteiger charge is 2.33. The standard InChI is InChI=1S/C13H21NO5S2/c1-9(2)14(6-5-7-15)21(17,18)12-10(3)8-20-11(12)13(16)19-4/h8-9,15H,5-7H2,1-4H3. The van der Waals surface area contributed by atoms with Crippen LogP contribution < -0.4 is 0 Å². The third-order valence-electron chi connectivity index (χ3n) is 2.97. The van der Waals surface area contributed by atoms with Gasteiger partial charge in [0.1, 0.15) is 9.77 Å². The second kappa shape index (κ2) is 7.35. The van der Waals surface area contributed by atoms with Crippen LogP contribution >= 0.6 is 11.3 Å². The smallest absolute Gasteiger partial charge is 0.349 e. The van der Waals surface area contributed by atoms with E-state index in [0.717, 1.165) is 11.3 Å². The topological polar surface area (TPSA) is 83.9 Å². The minimum absolute atomic E-state index is 0.00555. The van der Waals surface area contributed by atoms with Gasteiger partial charge in [0.05, 0.1) is 7.11 Å². The normalized spacial score (nSPS) is 12.1. The van der Waals surface area contributed by atoms with Crippen molar-refractivity contribution in [3.8, 4) is 0 Å². The molecule has 1 N–H and O–H groups in total. The van der Waals surface area contributed by atoms with E-state index in [0.29, 0.717) is 12.0 Å². The number of carbonyl (C=O) groups excluding carboxylic acids is 1. The lowest BCUT2D eigenvalue weighted by Gasteiger charge is -2.26. The van der Waals surface area contributed by atoms with E-state index in [2.05, 4.69) is 4.74 Å². The molecule has 0 radical (unpaired) electrons. The van der Waals surface area contributed by atoms with Crippen LogP contribution in [0.4, 0.5) is 0 Å². The number of hydrogen-bond donors (Lipinski definition) is 1. The third kappa shape index (κ3) is 3.82. The maximum Gasteiger partial charge on any atom is 0.349 e. The molecular formula is C13H21NO5S2. The lowest BCUT2D eigenvalue weighted by atomic mass is 10.3. The number of thiophene rings is 1. The zero-order valence-electron chi connectivity index (χ0n) is 12.6. The summed E-state index contributed by atoms with van der Waals surface area (Å²) in [5, 5.41) is 10.6. The Balaban J connectivity index is 3.34. The van der Waals surface area contributed by atoms with Crippen LogP contribution in [0, 0.1) is 6.92 Å². The van der Waals surface area contributed by atoms with Gasteiger partial charge in [-0.05, 0) is 38.1 Å². The monoisotopic (exact) mass is 335 g/mol. The Hall–Kier alpha value is -0.960. The quantitative estimate of drug-likeness (QED) is 0.766. The van der Waals surface area contributed by atoms with Gasteiger partial charge in [-0.2, -0.15) is 4.31 Å². The maximum atomic E-state index is 12.8. The van der Waals surface area contributed by atoms with Crippen LogP contribution in [0.5, 0.6) is 0 Å². The molecule has 0 aliphatic heterocycles. The lowest BCUT2D eigenvalue weighted by Crippen LogP contribution is -2.38. The average Bonchev–Trinajstić information content (AvgIpc) is 2.80. The van der Waals surface area contributed by atoms with E-state index < -0.39 is 16.0 Å². The number of sulfonamides is 1. The lowest BCUT2D eigenvalue weighted by molar-refractivity contribution is 0.0602. The van der Waals surface area contributed by atoms with Crippen LogP contribution in [0.15, 0.2) is 10.3 Å². The van der Waals surface area contributed by atoms with Crippen LogP contribution in [0.1, 0.15) is 35.5 Å². The van der Waals surface area contributed by atoms with E-state index in [1.54, 1.807) is 26.2 Å². The van der Waals surface area contributed by atoms with Crippen LogP contribution in [0.25, 0.3) is 0 Å². The predicted molar refractivity (Wildman–Crippen MR) is 81.1 cm³/mol. The van der Waals surface area contributed by atoms with Gasteiger partial charge in [0, 0.05) is 19.2 Å². The molecule has 0 spiro atoms. The minimum atomic E-state index is -3.81. The fraction of sp³-hybridized carbons (Fsp3) is 0.615. The fourth-order valence-corrected chi connectivity index (χ4v) is 5.32. The first-order valence-electron chi connectivity index (χ1n) is 6.56. The number of rotatable bonds is 7. The van der Waals surface area contributed by atoms with Crippen molar-refractivity contribution in [1.82, 2.24) is 4.31 Å². The Morgan fingerprint density at radius 2 is 2.10 bits per heavy atom. The summed E-state index contributed by atoms with van der Waals surface area (Å²) in [5.41, 5.74) is 0.523. The van der Waals surface area contributed by atoms with Gasteiger partial charge in [-0.1, -0.05) is 0 Å². The first-order chi connectivity index (χ1) is 9.77. The van der Waals surface area contributed by atoms with Crippen molar-refractivity contribution in [2.24, 2.45) is 0 Å². The molecule has 0 fully saturated rings. The molecule has 1 aromatic heterocycles. The minimum Gasteiger partial charge on any atom is -0.465 e. The van der Waals surface area contributed by atoms with Crippen molar-refractivity contribution in [3.63, 3.8) is 0 Å². The average molecular weight is 335 g/mol. The van der Waals surface area contributed by atoms with E-state index in [-0.39, 0.29) is 29.0 Å². The van der Waals surface area contributed by atoms with Gasteiger partial charge >= 0.3 is 5.97 Å². The predicted octanol–water partition coefficient (Wildman–Crippen LogP) is 1.62. The van der Waals surface area contributed by atoms with Crippen LogP contribution in [0.2, 0.25) is 0 Å². The Kier molecular flexibility index (Phi) is 6.33. The summed E-state index contributed by atoms with van der Waals surface area (Å²) in [6.45, 7) is 5.28. The molecular weight excluding hydrogens is 314 g/mol. The highest BCUT2D eigenvalue weighted by molar-refractivity contribution is 7.89. The molecule has 0 bridgehead atoms. The molecule has 6 nitrogen and oxygen atoms in total. The Morgan fingerprint density at radius 1 is 1.48 bits per heavy atom. The van der Waals surface area contributed by atoms with Gasteiger partial charge in [-0.3, -0.25) is 0 Å². The van der Waals surface area contributed by atoms with Crippen molar-refractivity contribution in [2.45, 2.75) is 38.1 Å². The number of esters is 1. The molecule has 1 heterocycles. The van der Waals surface area contributed by atoms with Crippen molar-refractivity contribution in [2.75, 3.05) is 20.3 Å². The van der Waals surface area contributed by atoms with Crippen LogP contribution in [-0.4, -0.2) is 50.1 Å². The Morgan fingerprint density at radius 3 is 2.57 bits per heavy atom. The highest BCUT2D eigenvalue weighted by Crippen LogP contribution is 2.31. The number of aliphatic hydroxyl groups excluding tert-OH is 1. The van der Waals surface area contributed by atoms with Gasteiger partial charge in [-0.15, -0.1) is 11.3 Å². The molecule has 8 heteroatoms. The molecule has 1 rings (SSSR count). The van der Waals surface area contributed by atoms with E-state index >= 15 is 0 Å². The molecule has 0 atom stereocenters.